The maximum Gasteiger partial charge on any atom is 0.269 e. The Bertz CT molecular complexity index is 1050. The van der Waals surface area contributed by atoms with Gasteiger partial charge in [0.25, 0.3) is 10.0 Å². The zero-order valence-corrected chi connectivity index (χ0v) is 15.8. The van der Waals surface area contributed by atoms with Crippen LogP contribution in [0, 0.1) is 6.92 Å². The molecular weight excluding hydrogens is 348 g/mol. The number of hydrogen-bond acceptors (Lipinski definition) is 5. The first-order chi connectivity index (χ1) is 12.4. The van der Waals surface area contributed by atoms with Crippen molar-refractivity contribution in [3.05, 3.63) is 54.1 Å². The van der Waals surface area contributed by atoms with Crippen molar-refractivity contribution >= 4 is 21.1 Å². The maximum atomic E-state index is 13.1. The summed E-state index contributed by atoms with van der Waals surface area (Å²) >= 11 is 0. The van der Waals surface area contributed by atoms with E-state index < -0.39 is 10.0 Å². The molecule has 1 aliphatic heterocycles. The quantitative estimate of drug-likeness (QED) is 0.767. The Hall–Kier alpha value is -2.25. The Morgan fingerprint density at radius 2 is 1.96 bits per heavy atom. The SMILES string of the molecule is Cc1ccc(S(=O)(=O)n2ccc3cnc(C4(C)CCCNC4)nc32)cc1. The number of benzene rings is 1. The molecule has 136 valence electrons. The molecule has 0 amide bonds. The Labute approximate surface area is 153 Å². The molecule has 1 atom stereocenters. The van der Waals surface area contributed by atoms with Crippen LogP contribution in [0.3, 0.4) is 0 Å². The highest BCUT2D eigenvalue weighted by atomic mass is 32.2. The predicted octanol–water partition coefficient (Wildman–Crippen LogP) is 2.62. The van der Waals surface area contributed by atoms with Gasteiger partial charge in [-0.2, -0.15) is 0 Å². The third-order valence-electron chi connectivity index (χ3n) is 5.11. The van der Waals surface area contributed by atoms with Crippen molar-refractivity contribution < 1.29 is 8.42 Å². The molecule has 1 aromatic carbocycles. The molecule has 0 radical (unpaired) electrons. The highest BCUT2D eigenvalue weighted by Crippen LogP contribution is 2.29. The summed E-state index contributed by atoms with van der Waals surface area (Å²) < 4.78 is 27.4. The van der Waals surface area contributed by atoms with Gasteiger partial charge >= 0.3 is 0 Å². The molecule has 4 rings (SSSR count). The summed E-state index contributed by atoms with van der Waals surface area (Å²) in [6.07, 6.45) is 5.32. The number of fused-ring (bicyclic) bond motifs is 1. The van der Waals surface area contributed by atoms with Gasteiger partial charge in [-0.25, -0.2) is 22.4 Å². The zero-order valence-electron chi connectivity index (χ0n) is 14.9. The van der Waals surface area contributed by atoms with Crippen LogP contribution in [0.25, 0.3) is 11.0 Å². The van der Waals surface area contributed by atoms with Gasteiger partial charge in [0.05, 0.1) is 4.90 Å². The van der Waals surface area contributed by atoms with Crippen molar-refractivity contribution in [2.24, 2.45) is 0 Å². The molecule has 7 heteroatoms. The standard InChI is InChI=1S/C19H22N4O2S/c1-14-4-6-16(7-5-14)26(24,25)23-11-8-15-12-21-18(22-17(15)23)19(2)9-3-10-20-13-19/h4-8,11-12,20H,3,9-10,13H2,1-2H3. The fraction of sp³-hybridized carbons (Fsp3) is 0.368. The lowest BCUT2D eigenvalue weighted by Gasteiger charge is -2.32. The van der Waals surface area contributed by atoms with Crippen LogP contribution in [0.4, 0.5) is 0 Å². The summed E-state index contributed by atoms with van der Waals surface area (Å²) in [6, 6.07) is 8.60. The largest absolute Gasteiger partial charge is 0.316 e. The third kappa shape index (κ3) is 2.81. The van der Waals surface area contributed by atoms with E-state index in [9.17, 15) is 8.42 Å². The highest BCUT2D eigenvalue weighted by Gasteiger charge is 2.32. The van der Waals surface area contributed by atoms with E-state index in [0.29, 0.717) is 11.5 Å². The summed E-state index contributed by atoms with van der Waals surface area (Å²) in [5.74, 6) is 0.691. The first-order valence-electron chi connectivity index (χ1n) is 8.78. The van der Waals surface area contributed by atoms with Crippen LogP contribution >= 0.6 is 0 Å². The Balaban J connectivity index is 1.83. The van der Waals surface area contributed by atoms with Gasteiger partial charge in [-0.3, -0.25) is 0 Å². The average molecular weight is 370 g/mol. The molecule has 2 aromatic heterocycles. The minimum atomic E-state index is -3.70. The number of nitrogens with one attached hydrogen (secondary N) is 1. The second kappa shape index (κ2) is 6.17. The van der Waals surface area contributed by atoms with Crippen molar-refractivity contribution in [1.82, 2.24) is 19.3 Å². The van der Waals surface area contributed by atoms with E-state index in [2.05, 4.69) is 22.2 Å². The van der Waals surface area contributed by atoms with Crippen molar-refractivity contribution in [1.29, 1.82) is 0 Å². The molecule has 0 saturated carbocycles. The Morgan fingerprint density at radius 1 is 1.19 bits per heavy atom. The summed E-state index contributed by atoms with van der Waals surface area (Å²) in [5.41, 5.74) is 1.26. The molecule has 1 N–H and O–H groups in total. The minimum absolute atomic E-state index is 0.185. The molecular formula is C19H22N4O2S. The Kier molecular flexibility index (Phi) is 4.08. The third-order valence-corrected chi connectivity index (χ3v) is 6.79. The first-order valence-corrected chi connectivity index (χ1v) is 10.2. The molecule has 1 saturated heterocycles. The van der Waals surface area contributed by atoms with Gasteiger partial charge in [-0.1, -0.05) is 24.6 Å². The van der Waals surface area contributed by atoms with Crippen LogP contribution in [0.5, 0.6) is 0 Å². The molecule has 6 nitrogen and oxygen atoms in total. The van der Waals surface area contributed by atoms with Crippen molar-refractivity contribution in [2.75, 3.05) is 13.1 Å². The van der Waals surface area contributed by atoms with E-state index in [1.807, 2.05) is 6.92 Å². The molecule has 26 heavy (non-hydrogen) atoms. The summed E-state index contributed by atoms with van der Waals surface area (Å²) in [5, 5.41) is 4.11. The molecule has 1 fully saturated rings. The lowest BCUT2D eigenvalue weighted by atomic mass is 9.82. The van der Waals surface area contributed by atoms with Crippen LogP contribution in [-0.2, 0) is 15.4 Å². The zero-order chi connectivity index (χ0) is 18.4. The number of rotatable bonds is 3. The topological polar surface area (TPSA) is 76.9 Å². The van der Waals surface area contributed by atoms with Crippen LogP contribution < -0.4 is 5.32 Å². The predicted molar refractivity (Wildman–Crippen MR) is 101 cm³/mol. The van der Waals surface area contributed by atoms with Gasteiger partial charge in [0.2, 0.25) is 0 Å². The fourth-order valence-corrected chi connectivity index (χ4v) is 4.75. The molecule has 0 aliphatic carbocycles. The smallest absolute Gasteiger partial charge is 0.269 e. The molecule has 1 aliphatic rings. The summed E-state index contributed by atoms with van der Waals surface area (Å²) in [7, 11) is -3.70. The Morgan fingerprint density at radius 3 is 2.65 bits per heavy atom. The van der Waals surface area contributed by atoms with Gasteiger partial charge in [0.1, 0.15) is 5.82 Å². The second-order valence-electron chi connectivity index (χ2n) is 7.24. The van der Waals surface area contributed by atoms with Crippen molar-refractivity contribution in [3.63, 3.8) is 0 Å². The van der Waals surface area contributed by atoms with Crippen LogP contribution in [0.1, 0.15) is 31.2 Å². The number of aromatic nitrogens is 3. The van der Waals surface area contributed by atoms with E-state index in [-0.39, 0.29) is 10.3 Å². The lowest BCUT2D eigenvalue weighted by molar-refractivity contribution is 0.324. The molecule has 0 spiro atoms. The second-order valence-corrected chi connectivity index (χ2v) is 9.06. The van der Waals surface area contributed by atoms with Gasteiger partial charge in [0.15, 0.2) is 5.65 Å². The van der Waals surface area contributed by atoms with Gasteiger partial charge in [-0.15, -0.1) is 0 Å². The first kappa shape index (κ1) is 17.2. The maximum absolute atomic E-state index is 13.1. The number of aryl methyl sites for hydroxylation is 1. The summed E-state index contributed by atoms with van der Waals surface area (Å²) in [4.78, 5) is 9.45. The number of nitrogens with zero attached hydrogens (tertiary/aromatic N) is 3. The van der Waals surface area contributed by atoms with Gasteiger partial charge in [0, 0.05) is 29.7 Å². The number of piperidine rings is 1. The lowest BCUT2D eigenvalue weighted by Crippen LogP contribution is -2.42. The van der Waals surface area contributed by atoms with E-state index >= 15 is 0 Å². The van der Waals surface area contributed by atoms with E-state index in [0.717, 1.165) is 36.9 Å². The summed E-state index contributed by atoms with van der Waals surface area (Å²) in [6.45, 7) is 5.85. The van der Waals surface area contributed by atoms with Crippen LogP contribution in [0.2, 0.25) is 0 Å². The van der Waals surface area contributed by atoms with Crippen molar-refractivity contribution in [2.45, 2.75) is 37.0 Å². The highest BCUT2D eigenvalue weighted by molar-refractivity contribution is 7.90. The van der Waals surface area contributed by atoms with E-state index in [1.165, 1.54) is 3.97 Å². The molecule has 3 heterocycles. The molecule has 3 aromatic rings. The van der Waals surface area contributed by atoms with Gasteiger partial charge < -0.3 is 5.32 Å². The van der Waals surface area contributed by atoms with E-state index in [4.69, 9.17) is 0 Å². The fourth-order valence-electron chi connectivity index (χ4n) is 3.45. The monoisotopic (exact) mass is 370 g/mol. The van der Waals surface area contributed by atoms with Crippen molar-refractivity contribution in [3.8, 4) is 0 Å². The molecule has 1 unspecified atom stereocenters. The normalized spacial score (nSPS) is 21.2. The average Bonchev–Trinajstić information content (AvgIpc) is 3.07. The van der Waals surface area contributed by atoms with Crippen LogP contribution in [0.15, 0.2) is 47.6 Å². The van der Waals surface area contributed by atoms with Crippen LogP contribution in [-0.4, -0.2) is 35.4 Å². The number of hydrogen-bond donors (Lipinski definition) is 1. The minimum Gasteiger partial charge on any atom is -0.316 e. The van der Waals surface area contributed by atoms with Gasteiger partial charge in [-0.05, 0) is 44.5 Å². The molecule has 0 bridgehead atoms. The van der Waals surface area contributed by atoms with E-state index in [1.54, 1.807) is 42.7 Å².